The molecule has 1 saturated heterocycles. The molecular formula is C20H31N5O2. The highest BCUT2D eigenvalue weighted by molar-refractivity contribution is 5.93. The van der Waals surface area contributed by atoms with E-state index in [1.807, 2.05) is 24.3 Å². The van der Waals surface area contributed by atoms with Crippen molar-refractivity contribution in [2.24, 2.45) is 16.6 Å². The lowest BCUT2D eigenvalue weighted by atomic mass is 9.85. The van der Waals surface area contributed by atoms with Gasteiger partial charge in [0.1, 0.15) is 0 Å². The largest absolute Gasteiger partial charge is 0.379 e. The molecule has 148 valence electrons. The van der Waals surface area contributed by atoms with E-state index >= 15 is 0 Å². The first-order valence-electron chi connectivity index (χ1n) is 9.94. The molecule has 27 heavy (non-hydrogen) atoms. The van der Waals surface area contributed by atoms with Crippen molar-refractivity contribution >= 4 is 17.6 Å². The molecule has 0 unspecified atom stereocenters. The molecule has 7 nitrogen and oxygen atoms in total. The number of nitrogens with two attached hydrogens (primary N) is 1. The molecule has 1 aliphatic heterocycles. The minimum Gasteiger partial charge on any atom is -0.379 e. The minimum atomic E-state index is 0.128. The van der Waals surface area contributed by atoms with Crippen molar-refractivity contribution in [1.29, 1.82) is 0 Å². The third kappa shape index (κ3) is 6.52. The van der Waals surface area contributed by atoms with E-state index in [1.54, 1.807) is 0 Å². The van der Waals surface area contributed by atoms with Crippen LogP contribution in [0.1, 0.15) is 31.2 Å². The molecule has 1 heterocycles. The van der Waals surface area contributed by atoms with Crippen molar-refractivity contribution in [3.8, 4) is 0 Å². The first-order valence-corrected chi connectivity index (χ1v) is 9.94. The van der Waals surface area contributed by atoms with E-state index in [0.29, 0.717) is 12.5 Å². The Kier molecular flexibility index (Phi) is 7.47. The summed E-state index contributed by atoms with van der Waals surface area (Å²) in [5.41, 5.74) is 7.82. The Bertz CT molecular complexity index is 639. The predicted octanol–water partition coefficient (Wildman–Crippen LogP) is 1.55. The van der Waals surface area contributed by atoms with Gasteiger partial charge in [-0.25, -0.2) is 4.99 Å². The van der Waals surface area contributed by atoms with Crippen LogP contribution in [0.15, 0.2) is 29.3 Å². The van der Waals surface area contributed by atoms with Gasteiger partial charge >= 0.3 is 0 Å². The maximum absolute atomic E-state index is 12.1. The molecule has 3 rings (SSSR count). The Balaban J connectivity index is 1.37. The lowest BCUT2D eigenvalue weighted by molar-refractivity contribution is -0.122. The van der Waals surface area contributed by atoms with E-state index in [9.17, 15) is 4.79 Å². The number of nitrogens with zero attached hydrogens (tertiary/aromatic N) is 2. The molecule has 1 aromatic carbocycles. The summed E-state index contributed by atoms with van der Waals surface area (Å²) >= 11 is 0. The highest BCUT2D eigenvalue weighted by Gasteiger charge is 2.25. The molecule has 0 spiro atoms. The second-order valence-electron chi connectivity index (χ2n) is 7.25. The Hall–Kier alpha value is -2.12. The third-order valence-corrected chi connectivity index (χ3v) is 5.16. The molecular weight excluding hydrogens is 342 g/mol. The van der Waals surface area contributed by atoms with Crippen LogP contribution >= 0.6 is 0 Å². The van der Waals surface area contributed by atoms with Crippen LogP contribution in [0.2, 0.25) is 0 Å². The number of nitrogens with one attached hydrogen (secondary N) is 2. The molecule has 0 atom stereocenters. The van der Waals surface area contributed by atoms with E-state index < -0.39 is 0 Å². The van der Waals surface area contributed by atoms with E-state index in [-0.39, 0.29) is 11.8 Å². The molecule has 7 heteroatoms. The number of benzene rings is 1. The number of hydrogen-bond acceptors (Lipinski definition) is 4. The Morgan fingerprint density at radius 3 is 2.85 bits per heavy atom. The van der Waals surface area contributed by atoms with Crippen molar-refractivity contribution in [2.45, 2.75) is 32.2 Å². The standard InChI is InChI=1S/C20H31N5O2/c21-20(22-8-3-9-25-10-12-27-13-11-25)23-15-16-4-1-7-18(14-16)24-19(26)17-5-2-6-17/h1,4,7,14,17H,2-3,5-6,8-13,15H2,(H,24,26)(H3,21,22,23). The van der Waals surface area contributed by atoms with Crippen LogP contribution in [-0.2, 0) is 16.1 Å². The molecule has 2 fully saturated rings. The first-order chi connectivity index (χ1) is 13.2. The van der Waals surface area contributed by atoms with Gasteiger partial charge in [-0.2, -0.15) is 0 Å². The number of anilines is 1. The smallest absolute Gasteiger partial charge is 0.227 e. The van der Waals surface area contributed by atoms with Gasteiger partial charge in [-0.15, -0.1) is 0 Å². The number of carbonyl (C=O) groups is 1. The monoisotopic (exact) mass is 373 g/mol. The van der Waals surface area contributed by atoms with Crippen LogP contribution in [0.4, 0.5) is 5.69 Å². The molecule has 0 aromatic heterocycles. The fraction of sp³-hybridized carbons (Fsp3) is 0.600. The molecule has 0 bridgehead atoms. The number of amides is 1. The maximum Gasteiger partial charge on any atom is 0.227 e. The quantitative estimate of drug-likeness (QED) is 0.365. The normalized spacial score (nSPS) is 18.7. The fourth-order valence-electron chi connectivity index (χ4n) is 3.24. The Morgan fingerprint density at radius 1 is 1.30 bits per heavy atom. The molecule has 0 radical (unpaired) electrons. The SMILES string of the molecule is NC(=NCc1cccc(NC(=O)C2CCC2)c1)NCCCN1CCOCC1. The van der Waals surface area contributed by atoms with Crippen molar-refractivity contribution in [3.05, 3.63) is 29.8 Å². The average molecular weight is 374 g/mol. The molecule has 2 aliphatic rings. The number of carbonyl (C=O) groups excluding carboxylic acids is 1. The third-order valence-electron chi connectivity index (χ3n) is 5.16. The van der Waals surface area contributed by atoms with Gasteiger partial charge in [0.05, 0.1) is 19.8 Å². The van der Waals surface area contributed by atoms with Gasteiger partial charge in [0.25, 0.3) is 0 Å². The van der Waals surface area contributed by atoms with Gasteiger partial charge in [0.15, 0.2) is 5.96 Å². The minimum absolute atomic E-state index is 0.128. The number of hydrogen-bond donors (Lipinski definition) is 3. The molecule has 1 aliphatic carbocycles. The topological polar surface area (TPSA) is 92.0 Å². The fourth-order valence-corrected chi connectivity index (χ4v) is 3.24. The van der Waals surface area contributed by atoms with Crippen LogP contribution in [0.25, 0.3) is 0 Å². The zero-order valence-electron chi connectivity index (χ0n) is 16.0. The summed E-state index contributed by atoms with van der Waals surface area (Å²) in [6.45, 7) is 6.04. The second kappa shape index (κ2) is 10.3. The highest BCUT2D eigenvalue weighted by atomic mass is 16.5. The van der Waals surface area contributed by atoms with Gasteiger partial charge < -0.3 is 21.1 Å². The summed E-state index contributed by atoms with van der Waals surface area (Å²) in [4.78, 5) is 18.9. The number of ether oxygens (including phenoxy) is 1. The van der Waals surface area contributed by atoms with Gasteiger partial charge in [0, 0.05) is 31.2 Å². The average Bonchev–Trinajstić information content (AvgIpc) is 2.63. The van der Waals surface area contributed by atoms with Gasteiger partial charge in [0.2, 0.25) is 5.91 Å². The second-order valence-corrected chi connectivity index (χ2v) is 7.25. The van der Waals surface area contributed by atoms with Crippen LogP contribution < -0.4 is 16.4 Å². The van der Waals surface area contributed by atoms with Gasteiger partial charge in [-0.1, -0.05) is 18.6 Å². The number of rotatable bonds is 8. The molecule has 1 aromatic rings. The van der Waals surface area contributed by atoms with E-state index in [2.05, 4.69) is 20.5 Å². The number of guanidine groups is 1. The number of morpholine rings is 1. The molecule has 4 N–H and O–H groups in total. The summed E-state index contributed by atoms with van der Waals surface area (Å²) in [5, 5.41) is 6.17. The van der Waals surface area contributed by atoms with Crippen LogP contribution in [0.5, 0.6) is 0 Å². The predicted molar refractivity (Wildman–Crippen MR) is 108 cm³/mol. The summed E-state index contributed by atoms with van der Waals surface area (Å²) < 4.78 is 5.35. The van der Waals surface area contributed by atoms with Crippen molar-refractivity contribution in [2.75, 3.05) is 44.7 Å². The van der Waals surface area contributed by atoms with Crippen molar-refractivity contribution < 1.29 is 9.53 Å². The van der Waals surface area contributed by atoms with Crippen molar-refractivity contribution in [1.82, 2.24) is 10.2 Å². The lowest BCUT2D eigenvalue weighted by Gasteiger charge is -2.26. The van der Waals surface area contributed by atoms with Crippen LogP contribution in [-0.4, -0.2) is 56.2 Å². The van der Waals surface area contributed by atoms with Crippen LogP contribution in [0, 0.1) is 5.92 Å². The Labute approximate surface area is 161 Å². The van der Waals surface area contributed by atoms with Gasteiger partial charge in [-0.05, 0) is 43.5 Å². The van der Waals surface area contributed by atoms with E-state index in [1.165, 1.54) is 0 Å². The summed E-state index contributed by atoms with van der Waals surface area (Å²) in [6.07, 6.45) is 4.19. The molecule has 1 saturated carbocycles. The summed E-state index contributed by atoms with van der Waals surface area (Å²) in [7, 11) is 0. The maximum atomic E-state index is 12.1. The number of aliphatic imine (C=N–C) groups is 1. The van der Waals surface area contributed by atoms with E-state index in [0.717, 1.165) is 76.3 Å². The molecule has 1 amide bonds. The van der Waals surface area contributed by atoms with Crippen molar-refractivity contribution in [3.63, 3.8) is 0 Å². The highest BCUT2D eigenvalue weighted by Crippen LogP contribution is 2.27. The van der Waals surface area contributed by atoms with E-state index in [4.69, 9.17) is 10.5 Å². The lowest BCUT2D eigenvalue weighted by Crippen LogP contribution is -2.39. The summed E-state index contributed by atoms with van der Waals surface area (Å²) in [6, 6.07) is 7.81. The van der Waals surface area contributed by atoms with Gasteiger partial charge in [-0.3, -0.25) is 9.69 Å². The Morgan fingerprint density at radius 2 is 2.11 bits per heavy atom. The zero-order chi connectivity index (χ0) is 18.9. The zero-order valence-corrected chi connectivity index (χ0v) is 16.0. The summed E-state index contributed by atoms with van der Waals surface area (Å²) in [5.74, 6) is 0.771. The van der Waals surface area contributed by atoms with Crippen LogP contribution in [0.3, 0.4) is 0 Å². The first kappa shape index (κ1) is 19.6.